The maximum atomic E-state index is 12.1. The number of likely N-dealkylation sites (N-methyl/N-ethyl adjacent to an activating group) is 1. The van der Waals surface area contributed by atoms with E-state index in [2.05, 4.69) is 5.32 Å². The van der Waals surface area contributed by atoms with Crippen molar-refractivity contribution in [1.82, 2.24) is 15.1 Å². The van der Waals surface area contributed by atoms with Gasteiger partial charge in [-0.1, -0.05) is 30.7 Å². The summed E-state index contributed by atoms with van der Waals surface area (Å²) in [6.45, 7) is 1.70. The Morgan fingerprint density at radius 1 is 1.32 bits per heavy atom. The van der Waals surface area contributed by atoms with E-state index in [0.29, 0.717) is 11.4 Å². The molecule has 1 N–H and O–H groups in total. The van der Waals surface area contributed by atoms with E-state index in [4.69, 9.17) is 11.6 Å². The van der Waals surface area contributed by atoms with Gasteiger partial charge in [-0.2, -0.15) is 0 Å². The molecule has 0 aromatic heterocycles. The van der Waals surface area contributed by atoms with Crippen molar-refractivity contribution < 1.29 is 14.4 Å². The standard InChI is InChI=1S/C15H18ClN3O3/c1-3-12(10-4-6-11(16)7-5-10)17-13(20)8-19-14(21)9-18(2)15(19)22/h4-7,12H,3,8-9H2,1-2H3,(H,17,20). The minimum atomic E-state index is -0.445. The second-order valence-corrected chi connectivity index (χ2v) is 5.63. The quantitative estimate of drug-likeness (QED) is 0.840. The van der Waals surface area contributed by atoms with Gasteiger partial charge in [-0.3, -0.25) is 14.5 Å². The van der Waals surface area contributed by atoms with E-state index in [9.17, 15) is 14.4 Å². The third-order valence-corrected chi connectivity index (χ3v) is 3.80. The van der Waals surface area contributed by atoms with Crippen molar-refractivity contribution >= 4 is 29.4 Å². The SMILES string of the molecule is CCC(NC(=O)CN1C(=O)CN(C)C1=O)c1ccc(Cl)cc1. The summed E-state index contributed by atoms with van der Waals surface area (Å²) in [6, 6.07) is 6.57. The topological polar surface area (TPSA) is 69.7 Å². The lowest BCUT2D eigenvalue weighted by Gasteiger charge is -2.20. The molecule has 1 aliphatic heterocycles. The van der Waals surface area contributed by atoms with Crippen LogP contribution in [0.1, 0.15) is 24.9 Å². The number of benzene rings is 1. The lowest BCUT2D eigenvalue weighted by molar-refractivity contribution is -0.131. The molecular formula is C15H18ClN3O3. The molecule has 1 aliphatic rings. The predicted octanol–water partition coefficient (Wildman–Crippen LogP) is 1.80. The Bertz CT molecular complexity index is 588. The van der Waals surface area contributed by atoms with Crippen molar-refractivity contribution in [2.75, 3.05) is 20.1 Å². The van der Waals surface area contributed by atoms with E-state index < -0.39 is 6.03 Å². The molecule has 1 aromatic carbocycles. The lowest BCUT2D eigenvalue weighted by Crippen LogP contribution is -2.42. The lowest BCUT2D eigenvalue weighted by atomic mass is 10.0. The Hall–Kier alpha value is -2.08. The molecule has 1 fully saturated rings. The molecule has 1 aromatic rings. The van der Waals surface area contributed by atoms with Crippen molar-refractivity contribution in [3.05, 3.63) is 34.9 Å². The smallest absolute Gasteiger partial charge is 0.327 e. The molecule has 118 valence electrons. The number of nitrogens with zero attached hydrogens (tertiary/aromatic N) is 2. The van der Waals surface area contributed by atoms with Crippen LogP contribution in [0.5, 0.6) is 0 Å². The van der Waals surface area contributed by atoms with E-state index in [0.717, 1.165) is 10.5 Å². The highest BCUT2D eigenvalue weighted by Crippen LogP contribution is 2.19. The van der Waals surface area contributed by atoms with Crippen LogP contribution in [0.25, 0.3) is 0 Å². The minimum absolute atomic E-state index is 0.0144. The van der Waals surface area contributed by atoms with Gasteiger partial charge in [0.15, 0.2) is 0 Å². The van der Waals surface area contributed by atoms with Crippen LogP contribution in [0.15, 0.2) is 24.3 Å². The first-order chi connectivity index (χ1) is 10.4. The summed E-state index contributed by atoms with van der Waals surface area (Å²) in [7, 11) is 1.53. The summed E-state index contributed by atoms with van der Waals surface area (Å²) in [5.74, 6) is -0.721. The number of urea groups is 1. The Morgan fingerprint density at radius 3 is 2.45 bits per heavy atom. The van der Waals surface area contributed by atoms with Crippen LogP contribution in [-0.4, -0.2) is 47.8 Å². The molecule has 0 spiro atoms. The van der Waals surface area contributed by atoms with Crippen LogP contribution in [0, 0.1) is 0 Å². The molecule has 7 heteroatoms. The summed E-state index contributed by atoms with van der Waals surface area (Å²) in [5, 5.41) is 3.46. The largest absolute Gasteiger partial charge is 0.348 e. The molecule has 0 aliphatic carbocycles. The zero-order chi connectivity index (χ0) is 16.3. The van der Waals surface area contributed by atoms with Gasteiger partial charge in [-0.25, -0.2) is 4.79 Å². The molecule has 0 radical (unpaired) electrons. The zero-order valence-corrected chi connectivity index (χ0v) is 13.3. The molecule has 1 atom stereocenters. The number of halogens is 1. The highest BCUT2D eigenvalue weighted by Gasteiger charge is 2.35. The Balaban J connectivity index is 1.99. The third kappa shape index (κ3) is 3.57. The van der Waals surface area contributed by atoms with E-state index >= 15 is 0 Å². The molecule has 4 amide bonds. The van der Waals surface area contributed by atoms with Gasteiger partial charge in [0.2, 0.25) is 5.91 Å². The normalized spacial score (nSPS) is 16.1. The summed E-state index contributed by atoms with van der Waals surface area (Å²) < 4.78 is 0. The summed E-state index contributed by atoms with van der Waals surface area (Å²) in [6.07, 6.45) is 0.690. The van der Waals surface area contributed by atoms with Crippen LogP contribution in [0.3, 0.4) is 0 Å². The molecule has 0 bridgehead atoms. The minimum Gasteiger partial charge on any atom is -0.348 e. The van der Waals surface area contributed by atoms with Crippen LogP contribution in [0.4, 0.5) is 4.79 Å². The van der Waals surface area contributed by atoms with E-state index in [1.807, 2.05) is 19.1 Å². The van der Waals surface area contributed by atoms with Gasteiger partial charge in [0.1, 0.15) is 13.1 Å². The first kappa shape index (κ1) is 16.3. The van der Waals surface area contributed by atoms with Gasteiger partial charge in [0.25, 0.3) is 5.91 Å². The highest BCUT2D eigenvalue weighted by molar-refractivity contribution is 6.30. The number of rotatable bonds is 5. The van der Waals surface area contributed by atoms with Crippen molar-refractivity contribution in [2.45, 2.75) is 19.4 Å². The fraction of sp³-hybridized carbons (Fsp3) is 0.400. The molecule has 1 heterocycles. The van der Waals surface area contributed by atoms with E-state index in [1.165, 1.54) is 11.9 Å². The fourth-order valence-corrected chi connectivity index (χ4v) is 2.45. The summed E-state index contributed by atoms with van der Waals surface area (Å²) in [5.41, 5.74) is 0.927. The molecule has 22 heavy (non-hydrogen) atoms. The predicted molar refractivity (Wildman–Crippen MR) is 82.4 cm³/mol. The number of imide groups is 1. The maximum absolute atomic E-state index is 12.1. The van der Waals surface area contributed by atoms with Crippen molar-refractivity contribution in [3.63, 3.8) is 0 Å². The van der Waals surface area contributed by atoms with Crippen LogP contribution in [-0.2, 0) is 9.59 Å². The highest BCUT2D eigenvalue weighted by atomic mass is 35.5. The van der Waals surface area contributed by atoms with Crippen molar-refractivity contribution in [3.8, 4) is 0 Å². The molecule has 2 rings (SSSR count). The van der Waals surface area contributed by atoms with Crippen LogP contribution in [0.2, 0.25) is 5.02 Å². The number of hydrogen-bond acceptors (Lipinski definition) is 3. The van der Waals surface area contributed by atoms with Gasteiger partial charge in [0.05, 0.1) is 6.04 Å². The molecule has 6 nitrogen and oxygen atoms in total. The van der Waals surface area contributed by atoms with Gasteiger partial charge in [0, 0.05) is 12.1 Å². The first-order valence-corrected chi connectivity index (χ1v) is 7.40. The van der Waals surface area contributed by atoms with Gasteiger partial charge in [-0.05, 0) is 24.1 Å². The fourth-order valence-electron chi connectivity index (χ4n) is 2.32. The van der Waals surface area contributed by atoms with Crippen LogP contribution < -0.4 is 5.32 Å². The van der Waals surface area contributed by atoms with Crippen LogP contribution >= 0.6 is 11.6 Å². The number of amides is 4. The Labute approximate surface area is 134 Å². The van der Waals surface area contributed by atoms with Crippen molar-refractivity contribution in [2.24, 2.45) is 0 Å². The Kier molecular flexibility index (Phi) is 5.03. The zero-order valence-electron chi connectivity index (χ0n) is 12.5. The molecule has 1 saturated heterocycles. The maximum Gasteiger partial charge on any atom is 0.327 e. The number of hydrogen-bond donors (Lipinski definition) is 1. The summed E-state index contributed by atoms with van der Waals surface area (Å²) >= 11 is 5.85. The third-order valence-electron chi connectivity index (χ3n) is 3.55. The second kappa shape index (κ2) is 6.79. The van der Waals surface area contributed by atoms with Gasteiger partial charge < -0.3 is 10.2 Å². The number of carbonyl (C=O) groups excluding carboxylic acids is 3. The molecule has 0 saturated carbocycles. The van der Waals surface area contributed by atoms with E-state index in [-0.39, 0.29) is 30.9 Å². The van der Waals surface area contributed by atoms with Gasteiger partial charge >= 0.3 is 6.03 Å². The number of nitrogens with one attached hydrogen (secondary N) is 1. The Morgan fingerprint density at radius 2 is 1.95 bits per heavy atom. The monoisotopic (exact) mass is 323 g/mol. The van der Waals surface area contributed by atoms with Crippen molar-refractivity contribution in [1.29, 1.82) is 0 Å². The molecular weight excluding hydrogens is 306 g/mol. The first-order valence-electron chi connectivity index (χ1n) is 7.02. The second-order valence-electron chi connectivity index (χ2n) is 5.20. The van der Waals surface area contributed by atoms with E-state index in [1.54, 1.807) is 12.1 Å². The molecule has 1 unspecified atom stereocenters. The average molecular weight is 324 g/mol. The number of carbonyl (C=O) groups is 3. The van der Waals surface area contributed by atoms with Gasteiger partial charge in [-0.15, -0.1) is 0 Å². The summed E-state index contributed by atoms with van der Waals surface area (Å²) in [4.78, 5) is 37.8. The average Bonchev–Trinajstić information content (AvgIpc) is 2.72.